The highest BCUT2D eigenvalue weighted by Crippen LogP contribution is 2.28. The molecule has 0 saturated carbocycles. The maximum absolute atomic E-state index is 12.7. The van der Waals surface area contributed by atoms with Crippen LogP contribution in [0, 0.1) is 0 Å². The lowest BCUT2D eigenvalue weighted by Gasteiger charge is -2.16. The largest absolute Gasteiger partial charge is 0.493 e. The second-order valence-corrected chi connectivity index (χ2v) is 6.12. The van der Waals surface area contributed by atoms with Crippen LogP contribution in [0.4, 0.5) is 0 Å². The standard InChI is InChI=1S/C21H23N3O3/c1-5-12-24-17-9-7-6-8-16(17)23-20(24)14(2)22-21(25)15-10-11-18(26-3)19(13-15)27-4/h5-11,13-14H,1,12H2,2-4H3,(H,22,25). The molecule has 0 aliphatic carbocycles. The number of para-hydroxylation sites is 2. The number of benzene rings is 2. The fourth-order valence-corrected chi connectivity index (χ4v) is 3.07. The Kier molecular flexibility index (Phi) is 5.45. The molecule has 0 radical (unpaired) electrons. The monoisotopic (exact) mass is 365 g/mol. The molecule has 1 aromatic heterocycles. The van der Waals surface area contributed by atoms with Crippen LogP contribution in [0.2, 0.25) is 0 Å². The predicted octanol–water partition coefficient (Wildman–Crippen LogP) is 3.73. The summed E-state index contributed by atoms with van der Waals surface area (Å²) in [6.07, 6.45) is 1.82. The summed E-state index contributed by atoms with van der Waals surface area (Å²) in [6, 6.07) is 12.7. The Labute approximate surface area is 158 Å². The van der Waals surface area contributed by atoms with E-state index in [2.05, 4.69) is 16.5 Å². The molecule has 3 rings (SSSR count). The summed E-state index contributed by atoms with van der Waals surface area (Å²) < 4.78 is 12.6. The van der Waals surface area contributed by atoms with Crippen molar-refractivity contribution in [3.63, 3.8) is 0 Å². The van der Waals surface area contributed by atoms with E-state index < -0.39 is 0 Å². The summed E-state index contributed by atoms with van der Waals surface area (Å²) in [7, 11) is 3.10. The molecule has 1 unspecified atom stereocenters. The van der Waals surface area contributed by atoms with Gasteiger partial charge in [-0.15, -0.1) is 6.58 Å². The summed E-state index contributed by atoms with van der Waals surface area (Å²) in [4.78, 5) is 17.4. The minimum Gasteiger partial charge on any atom is -0.493 e. The molecule has 6 heteroatoms. The number of carbonyl (C=O) groups is 1. The van der Waals surface area contributed by atoms with E-state index in [9.17, 15) is 4.79 Å². The zero-order chi connectivity index (χ0) is 19.4. The number of allylic oxidation sites excluding steroid dienone is 1. The van der Waals surface area contributed by atoms with Crippen LogP contribution in [0.3, 0.4) is 0 Å². The number of amides is 1. The number of imidazole rings is 1. The van der Waals surface area contributed by atoms with Gasteiger partial charge in [-0.25, -0.2) is 4.98 Å². The number of nitrogens with one attached hydrogen (secondary N) is 1. The average Bonchev–Trinajstić information content (AvgIpc) is 3.06. The van der Waals surface area contributed by atoms with Crippen molar-refractivity contribution >= 4 is 16.9 Å². The zero-order valence-corrected chi connectivity index (χ0v) is 15.7. The highest BCUT2D eigenvalue weighted by Gasteiger charge is 2.19. The first kappa shape index (κ1) is 18.5. The summed E-state index contributed by atoms with van der Waals surface area (Å²) in [5.41, 5.74) is 2.40. The van der Waals surface area contributed by atoms with E-state index in [1.165, 1.54) is 0 Å². The second-order valence-electron chi connectivity index (χ2n) is 6.12. The van der Waals surface area contributed by atoms with Crippen molar-refractivity contribution in [2.45, 2.75) is 19.5 Å². The lowest BCUT2D eigenvalue weighted by Crippen LogP contribution is -2.28. The van der Waals surface area contributed by atoms with E-state index in [4.69, 9.17) is 14.5 Å². The Morgan fingerprint density at radius 1 is 1.22 bits per heavy atom. The Morgan fingerprint density at radius 3 is 2.67 bits per heavy atom. The SMILES string of the molecule is C=CCn1c(C(C)NC(=O)c2ccc(OC)c(OC)c2)nc2ccccc21. The molecular weight excluding hydrogens is 342 g/mol. The van der Waals surface area contributed by atoms with Gasteiger partial charge in [0, 0.05) is 12.1 Å². The Morgan fingerprint density at radius 2 is 1.96 bits per heavy atom. The van der Waals surface area contributed by atoms with Crippen molar-refractivity contribution in [1.29, 1.82) is 0 Å². The second kappa shape index (κ2) is 7.95. The lowest BCUT2D eigenvalue weighted by atomic mass is 10.1. The van der Waals surface area contributed by atoms with Gasteiger partial charge in [0.25, 0.3) is 5.91 Å². The highest BCUT2D eigenvalue weighted by molar-refractivity contribution is 5.95. The number of methoxy groups -OCH3 is 2. The number of hydrogen-bond acceptors (Lipinski definition) is 4. The molecule has 1 amide bonds. The predicted molar refractivity (Wildman–Crippen MR) is 105 cm³/mol. The van der Waals surface area contributed by atoms with Crippen molar-refractivity contribution in [3.8, 4) is 11.5 Å². The molecular formula is C21H23N3O3. The van der Waals surface area contributed by atoms with Gasteiger partial charge in [0.1, 0.15) is 5.82 Å². The van der Waals surface area contributed by atoms with Gasteiger partial charge >= 0.3 is 0 Å². The summed E-state index contributed by atoms with van der Waals surface area (Å²) >= 11 is 0. The fourth-order valence-electron chi connectivity index (χ4n) is 3.07. The molecule has 1 heterocycles. The lowest BCUT2D eigenvalue weighted by molar-refractivity contribution is 0.0937. The molecule has 0 aliphatic heterocycles. The average molecular weight is 365 g/mol. The minimum absolute atomic E-state index is 0.208. The van der Waals surface area contributed by atoms with Crippen LogP contribution >= 0.6 is 0 Å². The van der Waals surface area contributed by atoms with Gasteiger partial charge in [0.05, 0.1) is 31.3 Å². The number of hydrogen-bond donors (Lipinski definition) is 1. The van der Waals surface area contributed by atoms with E-state index in [0.29, 0.717) is 23.6 Å². The number of ether oxygens (including phenoxy) is 2. The van der Waals surface area contributed by atoms with Crippen LogP contribution in [-0.2, 0) is 6.54 Å². The molecule has 0 saturated heterocycles. The molecule has 27 heavy (non-hydrogen) atoms. The van der Waals surface area contributed by atoms with Gasteiger partial charge in [-0.05, 0) is 37.3 Å². The molecule has 2 aromatic carbocycles. The molecule has 1 atom stereocenters. The van der Waals surface area contributed by atoms with Crippen LogP contribution in [0.25, 0.3) is 11.0 Å². The van der Waals surface area contributed by atoms with Crippen LogP contribution < -0.4 is 14.8 Å². The molecule has 6 nitrogen and oxygen atoms in total. The van der Waals surface area contributed by atoms with Gasteiger partial charge in [0.2, 0.25) is 0 Å². The van der Waals surface area contributed by atoms with Crippen LogP contribution in [-0.4, -0.2) is 29.7 Å². The maximum Gasteiger partial charge on any atom is 0.251 e. The topological polar surface area (TPSA) is 65.4 Å². The third kappa shape index (κ3) is 3.65. The molecule has 3 aromatic rings. The van der Waals surface area contributed by atoms with Crippen LogP contribution in [0.5, 0.6) is 11.5 Å². The maximum atomic E-state index is 12.7. The number of carbonyl (C=O) groups excluding carboxylic acids is 1. The van der Waals surface area contributed by atoms with E-state index in [-0.39, 0.29) is 11.9 Å². The summed E-state index contributed by atoms with van der Waals surface area (Å²) in [5.74, 6) is 1.66. The number of aromatic nitrogens is 2. The smallest absolute Gasteiger partial charge is 0.251 e. The zero-order valence-electron chi connectivity index (χ0n) is 15.7. The molecule has 0 fully saturated rings. The first-order valence-corrected chi connectivity index (χ1v) is 8.68. The number of fused-ring (bicyclic) bond motifs is 1. The quantitative estimate of drug-likeness (QED) is 0.648. The van der Waals surface area contributed by atoms with Crippen molar-refractivity contribution < 1.29 is 14.3 Å². The van der Waals surface area contributed by atoms with E-state index in [1.807, 2.05) is 37.3 Å². The summed E-state index contributed by atoms with van der Waals surface area (Å²) in [5, 5.41) is 3.01. The Hall–Kier alpha value is -3.28. The van der Waals surface area contributed by atoms with E-state index in [1.54, 1.807) is 32.4 Å². The van der Waals surface area contributed by atoms with E-state index in [0.717, 1.165) is 16.9 Å². The molecule has 1 N–H and O–H groups in total. The Bertz CT molecular complexity index is 978. The van der Waals surface area contributed by atoms with Gasteiger partial charge in [0.15, 0.2) is 11.5 Å². The van der Waals surface area contributed by atoms with Gasteiger partial charge in [-0.2, -0.15) is 0 Å². The van der Waals surface area contributed by atoms with Crippen molar-refractivity contribution in [2.75, 3.05) is 14.2 Å². The fraction of sp³-hybridized carbons (Fsp3) is 0.238. The van der Waals surface area contributed by atoms with Crippen molar-refractivity contribution in [1.82, 2.24) is 14.9 Å². The third-order valence-corrected chi connectivity index (χ3v) is 4.38. The normalized spacial score (nSPS) is 11.8. The number of rotatable bonds is 7. The number of nitrogens with zero attached hydrogens (tertiary/aromatic N) is 2. The van der Waals surface area contributed by atoms with Gasteiger partial charge < -0.3 is 19.4 Å². The van der Waals surface area contributed by atoms with Crippen molar-refractivity contribution in [3.05, 3.63) is 66.5 Å². The third-order valence-electron chi connectivity index (χ3n) is 4.38. The Balaban J connectivity index is 1.88. The van der Waals surface area contributed by atoms with Crippen LogP contribution in [0.1, 0.15) is 29.1 Å². The molecule has 140 valence electrons. The first-order valence-electron chi connectivity index (χ1n) is 8.68. The molecule has 0 aliphatic rings. The minimum atomic E-state index is -0.280. The first-order chi connectivity index (χ1) is 13.1. The van der Waals surface area contributed by atoms with Crippen LogP contribution in [0.15, 0.2) is 55.1 Å². The van der Waals surface area contributed by atoms with Crippen molar-refractivity contribution in [2.24, 2.45) is 0 Å². The van der Waals surface area contributed by atoms with E-state index >= 15 is 0 Å². The molecule has 0 bridgehead atoms. The highest BCUT2D eigenvalue weighted by atomic mass is 16.5. The van der Waals surface area contributed by atoms with Gasteiger partial charge in [-0.3, -0.25) is 4.79 Å². The summed E-state index contributed by atoms with van der Waals surface area (Å²) in [6.45, 7) is 6.36. The van der Waals surface area contributed by atoms with Gasteiger partial charge in [-0.1, -0.05) is 18.2 Å². The molecule has 0 spiro atoms.